The van der Waals surface area contributed by atoms with E-state index >= 15 is 0 Å². The van der Waals surface area contributed by atoms with Crippen molar-refractivity contribution >= 4 is 22.7 Å². The summed E-state index contributed by atoms with van der Waals surface area (Å²) in [5, 5.41) is 1.14. The minimum atomic E-state index is -0.213. The van der Waals surface area contributed by atoms with Crippen LogP contribution in [0.1, 0.15) is 17.1 Å². The lowest BCUT2D eigenvalue weighted by Crippen LogP contribution is -2.03. The van der Waals surface area contributed by atoms with Crippen LogP contribution in [0, 0.1) is 20.8 Å². The zero-order chi connectivity index (χ0) is 18.8. The fourth-order valence-corrected chi connectivity index (χ4v) is 3.92. The number of pyridine rings is 1. The molecule has 0 fully saturated rings. The third-order valence-electron chi connectivity index (χ3n) is 4.55. The molecule has 2 N–H and O–H groups in total. The molecule has 0 amide bonds. The molecule has 0 aliphatic rings. The molecule has 26 heavy (non-hydrogen) atoms. The largest absolute Gasteiger partial charge is 0.337 e. The van der Waals surface area contributed by atoms with E-state index in [1.165, 1.54) is 11.0 Å². The molecule has 1 aromatic carbocycles. The number of nitrogens with zero attached hydrogens (tertiary/aromatic N) is 2. The predicted octanol–water partition coefficient (Wildman–Crippen LogP) is 5.16. The fourth-order valence-electron chi connectivity index (χ4n) is 3.48. The van der Waals surface area contributed by atoms with E-state index in [-0.39, 0.29) is 18.9 Å². The molecule has 0 radical (unpaired) electrons. The summed E-state index contributed by atoms with van der Waals surface area (Å²) in [4.78, 5) is 5.68. The van der Waals surface area contributed by atoms with Crippen LogP contribution in [0.2, 0.25) is 0 Å². The summed E-state index contributed by atoms with van der Waals surface area (Å²) in [5.74, 6) is -0.213. The van der Waals surface area contributed by atoms with Gasteiger partial charge in [-0.05, 0) is 69.0 Å². The van der Waals surface area contributed by atoms with E-state index in [0.29, 0.717) is 0 Å². The van der Waals surface area contributed by atoms with Gasteiger partial charge in [0.2, 0.25) is 0 Å². The third-order valence-corrected chi connectivity index (χ3v) is 5.27. The van der Waals surface area contributed by atoms with Gasteiger partial charge in [-0.2, -0.15) is 0 Å². The van der Waals surface area contributed by atoms with Gasteiger partial charge in [0.25, 0.3) is 0 Å². The topological polar surface area (TPSA) is 43.8 Å². The fraction of sp³-hybridized carbons (Fsp3) is 0.286. The quantitative estimate of drug-likeness (QED) is 0.632. The minimum Gasteiger partial charge on any atom is -0.337 e. The second kappa shape index (κ2) is 7.64. The molecule has 0 saturated heterocycles. The van der Waals surface area contributed by atoms with Gasteiger partial charge in [0.15, 0.2) is 0 Å². The zero-order valence-corrected chi connectivity index (χ0v) is 16.5. The number of hydrogen-bond acceptors (Lipinski definition) is 3. The molecule has 0 saturated carbocycles. The standard InChI is InChI=1S/C21H24FN3S/c1-13-9-16(10-14(2)24-13)21-15(3)25(12-17(22)7-8-23)20-6-5-18(26-4)11-19(20)21/h5-7,9-11H,8,12,23H2,1-4H3/b17-7-. The van der Waals surface area contributed by atoms with E-state index in [9.17, 15) is 4.39 Å². The number of rotatable bonds is 5. The molecule has 2 heterocycles. The summed E-state index contributed by atoms with van der Waals surface area (Å²) in [6.07, 6.45) is 3.50. The Morgan fingerprint density at radius 3 is 2.50 bits per heavy atom. The van der Waals surface area contributed by atoms with Gasteiger partial charge in [-0.3, -0.25) is 4.98 Å². The number of aryl methyl sites for hydroxylation is 2. The number of thioether (sulfide) groups is 1. The molecule has 0 bridgehead atoms. The van der Waals surface area contributed by atoms with Gasteiger partial charge < -0.3 is 10.3 Å². The highest BCUT2D eigenvalue weighted by Gasteiger charge is 2.17. The number of aromatic nitrogens is 2. The van der Waals surface area contributed by atoms with E-state index in [0.717, 1.165) is 39.1 Å². The molecular formula is C21H24FN3S. The van der Waals surface area contributed by atoms with Crippen LogP contribution in [0.4, 0.5) is 4.39 Å². The molecule has 0 aliphatic heterocycles. The van der Waals surface area contributed by atoms with Crippen LogP contribution in [-0.4, -0.2) is 22.4 Å². The molecule has 0 unspecified atom stereocenters. The Kier molecular flexibility index (Phi) is 5.49. The highest BCUT2D eigenvalue weighted by atomic mass is 32.2. The molecular weight excluding hydrogens is 345 g/mol. The number of allylic oxidation sites excluding steroid dienone is 1. The van der Waals surface area contributed by atoms with Crippen LogP contribution in [0.15, 0.2) is 47.1 Å². The van der Waals surface area contributed by atoms with Gasteiger partial charge in [-0.1, -0.05) is 0 Å². The van der Waals surface area contributed by atoms with Crippen molar-refractivity contribution in [3.8, 4) is 11.1 Å². The molecule has 3 aromatic rings. The minimum absolute atomic E-state index is 0.196. The Morgan fingerprint density at radius 1 is 1.19 bits per heavy atom. The van der Waals surface area contributed by atoms with E-state index in [1.54, 1.807) is 11.8 Å². The molecule has 2 aromatic heterocycles. The SMILES string of the molecule is CSc1ccc2c(c1)c(-c1cc(C)nc(C)c1)c(C)n2C/C(F)=C/CN. The first kappa shape index (κ1) is 18.7. The molecule has 0 aliphatic carbocycles. The van der Waals surface area contributed by atoms with Crippen LogP contribution in [0.25, 0.3) is 22.0 Å². The summed E-state index contributed by atoms with van der Waals surface area (Å²) >= 11 is 1.71. The van der Waals surface area contributed by atoms with Crippen LogP contribution in [-0.2, 0) is 6.54 Å². The molecule has 3 nitrogen and oxygen atoms in total. The Bertz CT molecular complexity index is 968. The lowest BCUT2D eigenvalue weighted by molar-refractivity contribution is 0.555. The molecule has 5 heteroatoms. The number of hydrogen-bond donors (Lipinski definition) is 1. The van der Waals surface area contributed by atoms with Gasteiger partial charge in [-0.15, -0.1) is 11.8 Å². The van der Waals surface area contributed by atoms with Crippen molar-refractivity contribution in [2.24, 2.45) is 5.73 Å². The van der Waals surface area contributed by atoms with Gasteiger partial charge in [0.1, 0.15) is 5.83 Å². The highest BCUT2D eigenvalue weighted by Crippen LogP contribution is 2.37. The Labute approximate surface area is 158 Å². The lowest BCUT2D eigenvalue weighted by Gasteiger charge is -2.08. The van der Waals surface area contributed by atoms with Crippen molar-refractivity contribution in [3.05, 3.63) is 59.3 Å². The van der Waals surface area contributed by atoms with Crippen molar-refractivity contribution in [1.29, 1.82) is 0 Å². The summed E-state index contributed by atoms with van der Waals surface area (Å²) in [7, 11) is 0. The van der Waals surface area contributed by atoms with Crippen molar-refractivity contribution in [1.82, 2.24) is 9.55 Å². The first-order valence-electron chi connectivity index (χ1n) is 8.61. The maximum atomic E-state index is 14.2. The van der Waals surface area contributed by atoms with Gasteiger partial charge in [0, 0.05) is 45.0 Å². The first-order valence-corrected chi connectivity index (χ1v) is 9.84. The van der Waals surface area contributed by atoms with Crippen LogP contribution in [0.3, 0.4) is 0 Å². The first-order chi connectivity index (χ1) is 12.4. The lowest BCUT2D eigenvalue weighted by atomic mass is 10.0. The second-order valence-corrected chi connectivity index (χ2v) is 7.33. The molecule has 0 atom stereocenters. The third kappa shape index (κ3) is 3.55. The van der Waals surface area contributed by atoms with E-state index in [1.807, 2.05) is 18.4 Å². The Morgan fingerprint density at radius 2 is 1.88 bits per heavy atom. The van der Waals surface area contributed by atoms with E-state index in [2.05, 4.69) is 48.5 Å². The summed E-state index contributed by atoms with van der Waals surface area (Å²) in [5.41, 5.74) is 11.8. The average Bonchev–Trinajstić information content (AvgIpc) is 2.85. The maximum absolute atomic E-state index is 14.2. The van der Waals surface area contributed by atoms with Crippen LogP contribution >= 0.6 is 11.8 Å². The normalized spacial score (nSPS) is 12.2. The van der Waals surface area contributed by atoms with Crippen molar-refractivity contribution < 1.29 is 4.39 Å². The average molecular weight is 370 g/mol. The number of halogens is 1. The van der Waals surface area contributed by atoms with Crippen LogP contribution in [0.5, 0.6) is 0 Å². The summed E-state index contributed by atoms with van der Waals surface area (Å²) < 4.78 is 16.3. The van der Waals surface area contributed by atoms with Crippen LogP contribution < -0.4 is 5.73 Å². The van der Waals surface area contributed by atoms with Crippen molar-refractivity contribution in [2.45, 2.75) is 32.2 Å². The van der Waals surface area contributed by atoms with Crippen molar-refractivity contribution in [3.63, 3.8) is 0 Å². The summed E-state index contributed by atoms with van der Waals surface area (Å²) in [6, 6.07) is 10.5. The molecule has 0 spiro atoms. The van der Waals surface area contributed by atoms with Gasteiger partial charge in [0.05, 0.1) is 6.54 Å². The number of fused-ring (bicyclic) bond motifs is 1. The van der Waals surface area contributed by atoms with Gasteiger partial charge >= 0.3 is 0 Å². The molecule has 136 valence electrons. The smallest absolute Gasteiger partial charge is 0.117 e. The number of nitrogens with two attached hydrogens (primary N) is 1. The zero-order valence-electron chi connectivity index (χ0n) is 15.6. The van der Waals surface area contributed by atoms with Crippen molar-refractivity contribution in [2.75, 3.05) is 12.8 Å². The Balaban J connectivity index is 2.30. The second-order valence-electron chi connectivity index (χ2n) is 6.45. The Hall–Kier alpha value is -2.11. The predicted molar refractivity (Wildman–Crippen MR) is 109 cm³/mol. The monoisotopic (exact) mass is 369 g/mol. The molecule has 3 rings (SSSR count). The number of benzene rings is 1. The van der Waals surface area contributed by atoms with E-state index < -0.39 is 0 Å². The highest BCUT2D eigenvalue weighted by molar-refractivity contribution is 7.98. The maximum Gasteiger partial charge on any atom is 0.117 e. The summed E-state index contributed by atoms with van der Waals surface area (Å²) in [6.45, 7) is 6.45. The van der Waals surface area contributed by atoms with E-state index in [4.69, 9.17) is 5.73 Å². The van der Waals surface area contributed by atoms with Gasteiger partial charge in [-0.25, -0.2) is 4.39 Å².